The van der Waals surface area contributed by atoms with E-state index in [1.807, 2.05) is 0 Å². The summed E-state index contributed by atoms with van der Waals surface area (Å²) >= 11 is 7.07. The van der Waals surface area contributed by atoms with E-state index >= 15 is 0 Å². The number of aliphatic hydroxyl groups excluding tert-OH is 1. The zero-order chi connectivity index (χ0) is 13.5. The van der Waals surface area contributed by atoms with Gasteiger partial charge in [-0.15, -0.1) is 11.3 Å². The molecule has 0 spiro atoms. The lowest BCUT2D eigenvalue weighted by molar-refractivity contribution is -0.147. The zero-order valence-electron chi connectivity index (χ0n) is 9.30. The smallest absolute Gasteiger partial charge is 0.332 e. The van der Waals surface area contributed by atoms with Gasteiger partial charge in [0.25, 0.3) is 0 Å². The molecule has 1 rings (SSSR count). The number of hydrogen-bond donors (Lipinski definition) is 3. The topological polar surface area (TPSA) is 86.6 Å². The standard InChI is InChI=1S/C11H12ClNO4S/c12-9-3-1-7(18-9)2-4-10(15)13-6-5-8(14)11(16)17/h1-4,8,14H,5-6H2,(H,13,15)(H,16,17)/b4-2+/t8-/m0/s1. The summed E-state index contributed by atoms with van der Waals surface area (Å²) in [7, 11) is 0. The van der Waals surface area contributed by atoms with Crippen LogP contribution in [0.3, 0.4) is 0 Å². The van der Waals surface area contributed by atoms with Crippen molar-refractivity contribution in [2.24, 2.45) is 0 Å². The molecule has 1 amide bonds. The van der Waals surface area contributed by atoms with Crippen LogP contribution in [0.25, 0.3) is 6.08 Å². The third-order valence-corrected chi connectivity index (χ3v) is 3.19. The Morgan fingerprint density at radius 2 is 2.22 bits per heavy atom. The normalized spacial score (nSPS) is 12.6. The Balaban J connectivity index is 2.30. The van der Waals surface area contributed by atoms with Crippen molar-refractivity contribution in [1.29, 1.82) is 0 Å². The quantitative estimate of drug-likeness (QED) is 0.690. The largest absolute Gasteiger partial charge is 0.479 e. The molecule has 0 saturated heterocycles. The molecule has 0 aliphatic heterocycles. The Morgan fingerprint density at radius 1 is 1.50 bits per heavy atom. The van der Waals surface area contributed by atoms with Crippen LogP contribution < -0.4 is 5.32 Å². The van der Waals surface area contributed by atoms with E-state index in [9.17, 15) is 9.59 Å². The summed E-state index contributed by atoms with van der Waals surface area (Å²) in [6.45, 7) is 0.0990. The lowest BCUT2D eigenvalue weighted by Crippen LogP contribution is -2.28. The Kier molecular flexibility index (Phi) is 5.84. The van der Waals surface area contributed by atoms with Gasteiger partial charge in [-0.3, -0.25) is 4.79 Å². The van der Waals surface area contributed by atoms with Crippen LogP contribution in [0.1, 0.15) is 11.3 Å². The van der Waals surface area contributed by atoms with Crippen LogP contribution in [0.15, 0.2) is 18.2 Å². The van der Waals surface area contributed by atoms with E-state index < -0.39 is 12.1 Å². The third kappa shape index (κ3) is 5.31. The monoisotopic (exact) mass is 289 g/mol. The molecule has 0 saturated carbocycles. The van der Waals surface area contributed by atoms with Gasteiger partial charge in [0.2, 0.25) is 5.91 Å². The first-order valence-corrected chi connectivity index (χ1v) is 6.30. The van der Waals surface area contributed by atoms with Crippen molar-refractivity contribution in [3.05, 3.63) is 27.4 Å². The molecule has 0 aliphatic rings. The molecular weight excluding hydrogens is 278 g/mol. The summed E-state index contributed by atoms with van der Waals surface area (Å²) in [4.78, 5) is 22.5. The molecule has 5 nitrogen and oxygen atoms in total. The first-order chi connectivity index (χ1) is 8.49. The predicted molar refractivity (Wildman–Crippen MR) is 69.6 cm³/mol. The van der Waals surface area contributed by atoms with Crippen LogP contribution in [-0.2, 0) is 9.59 Å². The second kappa shape index (κ2) is 7.15. The van der Waals surface area contributed by atoms with Crippen LogP contribution >= 0.6 is 22.9 Å². The van der Waals surface area contributed by atoms with E-state index in [1.54, 1.807) is 18.2 Å². The van der Waals surface area contributed by atoms with Gasteiger partial charge in [-0.25, -0.2) is 4.79 Å². The van der Waals surface area contributed by atoms with Crippen LogP contribution in [0.2, 0.25) is 4.34 Å². The number of rotatable bonds is 6. The van der Waals surface area contributed by atoms with Gasteiger partial charge in [0.1, 0.15) is 0 Å². The van der Waals surface area contributed by atoms with Crippen molar-refractivity contribution < 1.29 is 19.8 Å². The molecule has 0 aromatic carbocycles. The van der Waals surface area contributed by atoms with Gasteiger partial charge >= 0.3 is 5.97 Å². The predicted octanol–water partition coefficient (Wildman–Crippen LogP) is 1.37. The molecule has 0 aliphatic carbocycles. The molecule has 7 heteroatoms. The highest BCUT2D eigenvalue weighted by molar-refractivity contribution is 7.17. The number of thiophene rings is 1. The highest BCUT2D eigenvalue weighted by Gasteiger charge is 2.12. The molecule has 0 unspecified atom stereocenters. The number of carbonyl (C=O) groups excluding carboxylic acids is 1. The number of aliphatic hydroxyl groups is 1. The maximum atomic E-state index is 11.3. The number of carboxylic acid groups (broad SMARTS) is 1. The van der Waals surface area contributed by atoms with E-state index in [0.29, 0.717) is 4.34 Å². The number of aliphatic carboxylic acids is 1. The number of amides is 1. The number of carbonyl (C=O) groups is 2. The summed E-state index contributed by atoms with van der Waals surface area (Å²) in [5.41, 5.74) is 0. The maximum Gasteiger partial charge on any atom is 0.332 e. The zero-order valence-corrected chi connectivity index (χ0v) is 10.9. The number of halogens is 1. The fourth-order valence-corrected chi connectivity index (χ4v) is 2.05. The van der Waals surface area contributed by atoms with Crippen molar-refractivity contribution in [3.8, 4) is 0 Å². The van der Waals surface area contributed by atoms with Gasteiger partial charge in [0, 0.05) is 23.9 Å². The van der Waals surface area contributed by atoms with Gasteiger partial charge in [-0.05, 0) is 18.2 Å². The van der Waals surface area contributed by atoms with Crippen molar-refractivity contribution in [2.45, 2.75) is 12.5 Å². The summed E-state index contributed by atoms with van der Waals surface area (Å²) in [5.74, 6) is -1.65. The molecule has 1 heterocycles. The number of nitrogens with one attached hydrogen (secondary N) is 1. The van der Waals surface area contributed by atoms with Crippen molar-refractivity contribution in [1.82, 2.24) is 5.32 Å². The maximum absolute atomic E-state index is 11.3. The second-order valence-electron chi connectivity index (χ2n) is 3.41. The van der Waals surface area contributed by atoms with Gasteiger partial charge < -0.3 is 15.5 Å². The molecule has 0 radical (unpaired) electrons. The molecule has 1 aromatic rings. The lowest BCUT2D eigenvalue weighted by Gasteiger charge is -2.05. The first-order valence-electron chi connectivity index (χ1n) is 5.11. The van der Waals surface area contributed by atoms with Crippen molar-refractivity contribution in [3.63, 3.8) is 0 Å². The lowest BCUT2D eigenvalue weighted by atomic mass is 10.2. The molecule has 1 atom stereocenters. The molecular formula is C11H12ClNO4S. The van der Waals surface area contributed by atoms with Gasteiger partial charge in [0.15, 0.2) is 6.10 Å². The third-order valence-electron chi connectivity index (χ3n) is 2.00. The van der Waals surface area contributed by atoms with Gasteiger partial charge in [0.05, 0.1) is 4.34 Å². The Hall–Kier alpha value is -1.37. The Morgan fingerprint density at radius 3 is 2.78 bits per heavy atom. The van der Waals surface area contributed by atoms with Gasteiger partial charge in [-0.2, -0.15) is 0 Å². The van der Waals surface area contributed by atoms with E-state index in [2.05, 4.69) is 5.32 Å². The highest BCUT2D eigenvalue weighted by atomic mass is 35.5. The Labute approximate surface area is 113 Å². The number of hydrogen-bond acceptors (Lipinski definition) is 4. The van der Waals surface area contributed by atoms with E-state index in [0.717, 1.165) is 4.88 Å². The molecule has 18 heavy (non-hydrogen) atoms. The molecule has 98 valence electrons. The minimum Gasteiger partial charge on any atom is -0.479 e. The van der Waals surface area contributed by atoms with Crippen LogP contribution in [0.4, 0.5) is 0 Å². The fourth-order valence-electron chi connectivity index (χ4n) is 1.09. The van der Waals surface area contributed by atoms with E-state index in [1.165, 1.54) is 17.4 Å². The fraction of sp³-hybridized carbons (Fsp3) is 0.273. The minimum absolute atomic E-state index is 0.0280. The van der Waals surface area contributed by atoms with Crippen LogP contribution in [0, 0.1) is 0 Å². The summed E-state index contributed by atoms with van der Waals surface area (Å²) < 4.78 is 0.639. The number of carboxylic acids is 1. The van der Waals surface area contributed by atoms with Crippen molar-refractivity contribution >= 4 is 40.9 Å². The average Bonchev–Trinajstić information content (AvgIpc) is 2.72. The molecule has 3 N–H and O–H groups in total. The van der Waals surface area contributed by atoms with E-state index in [-0.39, 0.29) is 18.9 Å². The Bertz CT molecular complexity index is 458. The molecule has 0 bridgehead atoms. The minimum atomic E-state index is -1.45. The molecule has 0 fully saturated rings. The van der Waals surface area contributed by atoms with Crippen LogP contribution in [0.5, 0.6) is 0 Å². The van der Waals surface area contributed by atoms with Gasteiger partial charge in [-0.1, -0.05) is 11.6 Å². The van der Waals surface area contributed by atoms with Crippen molar-refractivity contribution in [2.75, 3.05) is 6.54 Å². The SMILES string of the molecule is O=C(/C=C/c1ccc(Cl)s1)NCC[C@H](O)C(=O)O. The molecule has 1 aromatic heterocycles. The average molecular weight is 290 g/mol. The second-order valence-corrected chi connectivity index (χ2v) is 5.16. The first kappa shape index (κ1) is 14.7. The highest BCUT2D eigenvalue weighted by Crippen LogP contribution is 2.22. The summed E-state index contributed by atoms with van der Waals surface area (Å²) in [6, 6.07) is 3.51. The summed E-state index contributed by atoms with van der Waals surface area (Å²) in [6.07, 6.45) is 1.46. The van der Waals surface area contributed by atoms with Crippen LogP contribution in [-0.4, -0.2) is 34.7 Å². The van der Waals surface area contributed by atoms with E-state index in [4.69, 9.17) is 21.8 Å². The summed E-state index contributed by atoms with van der Waals surface area (Å²) in [5, 5.41) is 19.8.